The van der Waals surface area contributed by atoms with Gasteiger partial charge in [0, 0.05) is 49.7 Å². The van der Waals surface area contributed by atoms with Gasteiger partial charge in [-0.2, -0.15) is 9.97 Å². The van der Waals surface area contributed by atoms with Crippen molar-refractivity contribution in [3.63, 3.8) is 0 Å². The number of anilines is 2. The lowest BCUT2D eigenvalue weighted by molar-refractivity contribution is -0.0101. The molecule has 2 fully saturated rings. The molecule has 0 bridgehead atoms. The van der Waals surface area contributed by atoms with Gasteiger partial charge in [-0.3, -0.25) is 4.90 Å². The maximum atomic E-state index is 16.7. The van der Waals surface area contributed by atoms with Gasteiger partial charge in [-0.05, 0) is 57.2 Å². The molecular weight excluding hydrogens is 594 g/mol. The first kappa shape index (κ1) is 31.5. The highest BCUT2D eigenvalue weighted by atomic mass is 19.3. The molecule has 0 radical (unpaired) electrons. The normalized spacial score (nSPS) is 24.2. The molecule has 0 spiro atoms. The van der Waals surface area contributed by atoms with Crippen LogP contribution in [0.15, 0.2) is 6.07 Å². The molecule has 2 aromatic heterocycles. The maximum absolute atomic E-state index is 16.7. The fraction of sp³-hybridized carbons (Fsp3) is 0.581. The average Bonchev–Trinajstić information content (AvgIpc) is 3.40. The zero-order valence-corrected chi connectivity index (χ0v) is 25.6. The van der Waals surface area contributed by atoms with Gasteiger partial charge in [0.15, 0.2) is 11.6 Å². The zero-order chi connectivity index (χ0) is 31.8. The van der Waals surface area contributed by atoms with E-state index in [9.17, 15) is 8.78 Å². The summed E-state index contributed by atoms with van der Waals surface area (Å²) in [6.45, 7) is 8.81. The fourth-order valence-electron chi connectivity index (χ4n) is 6.70. The van der Waals surface area contributed by atoms with Gasteiger partial charge in [-0.15, -0.1) is 0 Å². The van der Waals surface area contributed by atoms with Gasteiger partial charge in [0.1, 0.15) is 29.0 Å². The molecule has 3 aromatic rings. The summed E-state index contributed by atoms with van der Waals surface area (Å²) in [5, 5.41) is 6.78. The van der Waals surface area contributed by atoms with Crippen LogP contribution in [0.25, 0.3) is 22.2 Å². The molecule has 1 aromatic carbocycles. The summed E-state index contributed by atoms with van der Waals surface area (Å²) < 4.78 is 77.8. The number of pyridine rings is 1. The summed E-state index contributed by atoms with van der Waals surface area (Å²) >= 11 is 0. The van der Waals surface area contributed by atoms with Gasteiger partial charge in [0.05, 0.1) is 25.0 Å². The Bertz CT molecular complexity index is 1560. The van der Waals surface area contributed by atoms with Crippen LogP contribution in [0.1, 0.15) is 44.2 Å². The molecule has 2 saturated heterocycles. The number of alkyl halides is 2. The van der Waals surface area contributed by atoms with Crippen LogP contribution in [0.4, 0.5) is 29.1 Å². The number of aromatic nitrogens is 3. The Morgan fingerprint density at radius 3 is 2.76 bits per heavy atom. The molecule has 4 N–H and O–H groups in total. The predicted octanol–water partition coefficient (Wildman–Crippen LogP) is 4.47. The first-order valence-electron chi connectivity index (χ1n) is 15.5. The van der Waals surface area contributed by atoms with E-state index >= 15 is 8.78 Å². The van der Waals surface area contributed by atoms with Crippen molar-refractivity contribution in [3.05, 3.63) is 28.8 Å². The third kappa shape index (κ3) is 6.45. The van der Waals surface area contributed by atoms with Crippen LogP contribution in [0.5, 0.6) is 11.9 Å². The van der Waals surface area contributed by atoms with Gasteiger partial charge in [0.2, 0.25) is 12.3 Å². The number of rotatable bonds is 6. The van der Waals surface area contributed by atoms with E-state index in [2.05, 4.69) is 30.5 Å². The molecule has 0 aliphatic carbocycles. The zero-order valence-electron chi connectivity index (χ0n) is 25.6. The SMILES string of the molecule is Cc1cc(N)c(F)c(-c2nc3c4c(nc(OC[C@@H]5CC[C@H]6COCCN65)nc4c2F)NCCNC(C)C[C@H](C)O3)c1CC(F)F. The number of nitrogens with one attached hydrogen (secondary N) is 2. The number of nitrogen functional groups attached to an aromatic ring is 1. The molecule has 0 amide bonds. The quantitative estimate of drug-likeness (QED) is 0.265. The molecule has 3 aliphatic rings. The predicted molar refractivity (Wildman–Crippen MR) is 162 cm³/mol. The Labute approximate surface area is 259 Å². The highest BCUT2D eigenvalue weighted by molar-refractivity contribution is 5.96. The minimum atomic E-state index is -2.82. The second-order valence-corrected chi connectivity index (χ2v) is 12.2. The number of benzene rings is 1. The molecule has 1 unspecified atom stereocenters. The van der Waals surface area contributed by atoms with Crippen LogP contribution in [0, 0.1) is 18.6 Å². The average molecular weight is 634 g/mol. The Morgan fingerprint density at radius 1 is 1.13 bits per heavy atom. The van der Waals surface area contributed by atoms with Crippen molar-refractivity contribution < 1.29 is 31.8 Å². The van der Waals surface area contributed by atoms with E-state index in [4.69, 9.17) is 19.9 Å². The van der Waals surface area contributed by atoms with Gasteiger partial charge < -0.3 is 30.6 Å². The number of aryl methyl sites for hydroxylation is 1. The Morgan fingerprint density at radius 2 is 1.96 bits per heavy atom. The van der Waals surface area contributed by atoms with Gasteiger partial charge in [0.25, 0.3) is 0 Å². The Balaban J connectivity index is 1.50. The van der Waals surface area contributed by atoms with E-state index in [1.165, 1.54) is 13.0 Å². The lowest BCUT2D eigenvalue weighted by Gasteiger charge is -2.33. The van der Waals surface area contributed by atoms with Gasteiger partial charge in [-0.25, -0.2) is 22.5 Å². The highest BCUT2D eigenvalue weighted by Crippen LogP contribution is 2.41. The van der Waals surface area contributed by atoms with Crippen molar-refractivity contribution in [1.82, 2.24) is 25.2 Å². The maximum Gasteiger partial charge on any atom is 0.319 e. The number of halogens is 4. The molecule has 0 saturated carbocycles. The molecule has 4 atom stereocenters. The van der Waals surface area contributed by atoms with Crippen molar-refractivity contribution >= 4 is 22.4 Å². The van der Waals surface area contributed by atoms with E-state index in [0.29, 0.717) is 44.3 Å². The summed E-state index contributed by atoms with van der Waals surface area (Å²) in [6.07, 6.45) is -1.56. The van der Waals surface area contributed by atoms with Crippen LogP contribution < -0.4 is 25.8 Å². The fourth-order valence-corrected chi connectivity index (χ4v) is 6.70. The first-order valence-corrected chi connectivity index (χ1v) is 15.5. The van der Waals surface area contributed by atoms with E-state index < -0.39 is 41.8 Å². The second kappa shape index (κ2) is 13.1. The standard InChI is InChI=1S/C31H39F4N7O3/c1-15-10-21(36)25(34)23(20(15)12-22(32)33)27-26(35)28-24-29(38-7-6-37-16(2)11-17(3)45-30(24)39-27)41-31(40-28)44-14-19-5-4-18-13-43-9-8-42(18)19/h10,16-19,22,37H,4-9,11-14,36H2,1-3H3,(H,38,40,41)/t16?,17-,18-,19-/m0/s1. The molecule has 5 heterocycles. The smallest absolute Gasteiger partial charge is 0.319 e. The monoisotopic (exact) mass is 633 g/mol. The van der Waals surface area contributed by atoms with Crippen molar-refractivity contribution in [3.8, 4) is 23.1 Å². The van der Waals surface area contributed by atoms with E-state index in [-0.39, 0.29) is 58.6 Å². The second-order valence-electron chi connectivity index (χ2n) is 12.2. The topological polar surface area (TPSA) is 120 Å². The first-order chi connectivity index (χ1) is 21.6. The lowest BCUT2D eigenvalue weighted by Crippen LogP contribution is -2.46. The van der Waals surface area contributed by atoms with Crippen molar-refractivity contribution in [1.29, 1.82) is 0 Å². The molecular formula is C31H39F4N7O3. The van der Waals surface area contributed by atoms with E-state index in [1.54, 1.807) is 0 Å². The number of morpholine rings is 1. The van der Waals surface area contributed by atoms with E-state index in [1.807, 2.05) is 13.8 Å². The van der Waals surface area contributed by atoms with Crippen molar-refractivity contribution in [2.75, 3.05) is 50.5 Å². The summed E-state index contributed by atoms with van der Waals surface area (Å²) in [5.41, 5.74) is 4.62. The highest BCUT2D eigenvalue weighted by Gasteiger charge is 2.36. The number of nitrogens with zero attached hydrogens (tertiary/aromatic N) is 4. The molecule has 45 heavy (non-hydrogen) atoms. The molecule has 244 valence electrons. The van der Waals surface area contributed by atoms with Crippen LogP contribution in [0.2, 0.25) is 0 Å². The van der Waals surface area contributed by atoms with Gasteiger partial charge in [-0.1, -0.05) is 0 Å². The van der Waals surface area contributed by atoms with Gasteiger partial charge >= 0.3 is 6.01 Å². The summed E-state index contributed by atoms with van der Waals surface area (Å²) in [6, 6.07) is 1.71. The minimum absolute atomic E-state index is 0.0496. The third-order valence-corrected chi connectivity index (χ3v) is 8.84. The Kier molecular flexibility index (Phi) is 9.16. The summed E-state index contributed by atoms with van der Waals surface area (Å²) in [7, 11) is 0. The Hall–Kier alpha value is -3.49. The van der Waals surface area contributed by atoms with E-state index in [0.717, 1.165) is 19.4 Å². The molecule has 6 rings (SSSR count). The number of fused-ring (bicyclic) bond motifs is 1. The molecule has 10 nitrogen and oxygen atoms in total. The van der Waals surface area contributed by atoms with Crippen LogP contribution in [0.3, 0.4) is 0 Å². The summed E-state index contributed by atoms with van der Waals surface area (Å²) in [4.78, 5) is 15.8. The number of ether oxygens (including phenoxy) is 3. The van der Waals surface area contributed by atoms with Crippen LogP contribution >= 0.6 is 0 Å². The molecule has 14 heteroatoms. The number of hydrogen-bond acceptors (Lipinski definition) is 10. The van der Waals surface area contributed by atoms with Crippen LogP contribution in [-0.4, -0.2) is 90.0 Å². The third-order valence-electron chi connectivity index (χ3n) is 8.84. The molecule has 3 aliphatic heterocycles. The largest absolute Gasteiger partial charge is 0.474 e. The summed E-state index contributed by atoms with van der Waals surface area (Å²) in [5.74, 6) is -1.87. The van der Waals surface area contributed by atoms with Crippen molar-refractivity contribution in [2.24, 2.45) is 0 Å². The van der Waals surface area contributed by atoms with Crippen LogP contribution in [-0.2, 0) is 11.2 Å². The number of nitrogens with two attached hydrogens (primary N) is 1. The van der Waals surface area contributed by atoms with Crippen molar-refractivity contribution in [2.45, 2.75) is 77.1 Å². The lowest BCUT2D eigenvalue weighted by atomic mass is 9.94. The number of hydrogen-bond donors (Lipinski definition) is 3. The minimum Gasteiger partial charge on any atom is -0.474 e.